The van der Waals surface area contributed by atoms with Gasteiger partial charge in [-0.3, -0.25) is 0 Å². The van der Waals surface area contributed by atoms with Gasteiger partial charge in [-0.1, -0.05) is 223 Å². The van der Waals surface area contributed by atoms with Crippen molar-refractivity contribution in [3.05, 3.63) is 307 Å². The molecule has 0 radical (unpaired) electrons. The molecule has 0 amide bonds. The van der Waals surface area contributed by atoms with E-state index in [-0.39, 0.29) is 21.7 Å². The second-order valence-electron chi connectivity index (χ2n) is 32.9. The highest BCUT2D eigenvalue weighted by atomic mass is 15.0. The van der Waals surface area contributed by atoms with Crippen LogP contribution >= 0.6 is 0 Å². The van der Waals surface area contributed by atoms with E-state index in [2.05, 4.69) is 374 Å². The van der Waals surface area contributed by atoms with Crippen LogP contribution in [0.2, 0.25) is 0 Å². The van der Waals surface area contributed by atoms with Gasteiger partial charge in [-0.25, -0.2) is 15.0 Å². The first-order valence-electron chi connectivity index (χ1n) is 37.0. The Balaban J connectivity index is 0.948. The lowest BCUT2D eigenvalue weighted by Crippen LogP contribution is -2.17. The topological polar surface area (TPSA) is 82.2 Å². The summed E-state index contributed by atoms with van der Waals surface area (Å²) in [4.78, 5) is 17.1. The first kappa shape index (κ1) is 65.6. The van der Waals surface area contributed by atoms with Gasteiger partial charge < -0.3 is 18.3 Å². The number of hydrogen-bond acceptors (Lipinski definition) is 4. The molecule has 514 valence electrons. The zero-order chi connectivity index (χ0) is 72.9. The Morgan fingerprint density at radius 3 is 0.868 bits per heavy atom. The third kappa shape index (κ3) is 11.0. The van der Waals surface area contributed by atoms with Crippen molar-refractivity contribution in [2.24, 2.45) is 0 Å². The van der Waals surface area contributed by atoms with Crippen LogP contribution in [0.4, 0.5) is 0 Å². The second kappa shape index (κ2) is 24.3. The van der Waals surface area contributed by atoms with Crippen LogP contribution in [0.3, 0.4) is 0 Å². The Morgan fingerprint density at radius 2 is 0.528 bits per heavy atom. The third-order valence-electron chi connectivity index (χ3n) is 21.8. The average Bonchev–Trinajstić information content (AvgIpc) is 1.61. The van der Waals surface area contributed by atoms with E-state index in [0.717, 1.165) is 127 Å². The Morgan fingerprint density at radius 1 is 0.245 bits per heavy atom. The summed E-state index contributed by atoms with van der Waals surface area (Å²) in [6.45, 7) is 27.4. The monoisotopic (exact) mass is 1370 g/mol. The number of hydrogen-bond donors (Lipinski definition) is 0. The predicted octanol–water partition coefficient (Wildman–Crippen LogP) is 25.7. The fraction of sp³-hybridized carbons (Fsp3) is 0.163. The summed E-state index contributed by atoms with van der Waals surface area (Å²) in [6, 6.07) is 105. The highest BCUT2D eigenvalue weighted by Crippen LogP contribution is 2.47. The van der Waals surface area contributed by atoms with Crippen LogP contribution in [0.5, 0.6) is 0 Å². The van der Waals surface area contributed by atoms with Crippen LogP contribution < -0.4 is 0 Å². The van der Waals surface area contributed by atoms with Crippen LogP contribution in [0.25, 0.3) is 166 Å². The van der Waals surface area contributed by atoms with Crippen LogP contribution in [-0.4, -0.2) is 33.2 Å². The molecule has 5 heterocycles. The van der Waals surface area contributed by atoms with Crippen LogP contribution in [0.1, 0.15) is 111 Å². The molecule has 106 heavy (non-hydrogen) atoms. The summed E-state index contributed by atoms with van der Waals surface area (Å²) in [5, 5.41) is 19.6. The van der Waals surface area contributed by atoms with Crippen molar-refractivity contribution in [1.82, 2.24) is 33.2 Å². The summed E-state index contributed by atoms with van der Waals surface area (Å²) in [6.07, 6.45) is 0. The van der Waals surface area contributed by atoms with Crippen molar-refractivity contribution < 1.29 is 0 Å². The molecular weight excluding hydrogens is 1290 g/mol. The average molecular weight is 1370 g/mol. The molecule has 0 unspecified atom stereocenters. The zero-order valence-corrected chi connectivity index (χ0v) is 62.1. The van der Waals surface area contributed by atoms with E-state index in [1.165, 1.54) is 43.8 Å². The predicted molar refractivity (Wildman–Crippen MR) is 444 cm³/mol. The molecule has 8 nitrogen and oxygen atoms in total. The zero-order valence-electron chi connectivity index (χ0n) is 62.1. The Hall–Kier alpha value is -12.4. The lowest BCUT2D eigenvalue weighted by atomic mass is 9.79. The molecule has 5 aromatic heterocycles. The minimum Gasteiger partial charge on any atom is -0.309 e. The van der Waals surface area contributed by atoms with Gasteiger partial charge in [-0.15, -0.1) is 0 Å². The highest BCUT2D eigenvalue weighted by Gasteiger charge is 2.29. The quantitative estimate of drug-likeness (QED) is 0.144. The van der Waals surface area contributed by atoms with Gasteiger partial charge in [0.05, 0.1) is 67.1 Å². The van der Waals surface area contributed by atoms with Gasteiger partial charge in [0.25, 0.3) is 0 Å². The van der Waals surface area contributed by atoms with Gasteiger partial charge in [0.2, 0.25) is 0 Å². The SMILES string of the molecule is CC(C)(C)c1cc(-c2nc(-c3cc(C(C)(C)C)cc(C(C)(C)C)c3)nc(-c3ccc(-n4c5ccccc5c5cc(-n6c7ccccc7c7ccccc76)ccc54)c(-c4cc(-c5ccc(C#N)cc5)ccc4-n4c5ccccc5c5cc(-n6c7ccccc7c7ccccc76)ccc54)c3)n2)cc(C(C)(C)C)c1. The lowest BCUT2D eigenvalue weighted by Gasteiger charge is -2.26. The Labute approximate surface area is 618 Å². The highest BCUT2D eigenvalue weighted by molar-refractivity contribution is 6.15. The van der Waals surface area contributed by atoms with Gasteiger partial charge in [-0.2, -0.15) is 5.26 Å². The molecule has 0 aliphatic heterocycles. The number of nitrogens with zero attached hydrogens (tertiary/aromatic N) is 8. The first-order valence-corrected chi connectivity index (χ1v) is 37.0. The molecule has 0 atom stereocenters. The van der Waals surface area contributed by atoms with Crippen LogP contribution in [-0.2, 0) is 21.7 Å². The van der Waals surface area contributed by atoms with Gasteiger partial charge in [0.1, 0.15) is 0 Å². The molecule has 18 rings (SSSR count). The maximum atomic E-state index is 10.2. The van der Waals surface area contributed by atoms with E-state index >= 15 is 0 Å². The lowest BCUT2D eigenvalue weighted by molar-refractivity contribution is 0.568. The maximum Gasteiger partial charge on any atom is 0.164 e. The van der Waals surface area contributed by atoms with E-state index < -0.39 is 0 Å². The maximum absolute atomic E-state index is 10.2. The third-order valence-corrected chi connectivity index (χ3v) is 21.8. The fourth-order valence-electron chi connectivity index (χ4n) is 16.1. The summed E-state index contributed by atoms with van der Waals surface area (Å²) in [7, 11) is 0. The molecule has 0 bridgehead atoms. The second-order valence-corrected chi connectivity index (χ2v) is 32.9. The number of benzene rings is 13. The molecule has 0 aliphatic rings. The van der Waals surface area contributed by atoms with Crippen molar-refractivity contribution in [3.8, 4) is 85.2 Å². The number of fused-ring (bicyclic) bond motifs is 12. The Kier molecular flexibility index (Phi) is 15.1. The molecule has 0 saturated heterocycles. The minimum absolute atomic E-state index is 0.170. The van der Waals surface area contributed by atoms with Crippen molar-refractivity contribution in [2.75, 3.05) is 0 Å². The van der Waals surface area contributed by atoms with Crippen molar-refractivity contribution in [2.45, 2.75) is 105 Å². The normalized spacial score (nSPS) is 12.5. The van der Waals surface area contributed by atoms with Crippen LogP contribution in [0.15, 0.2) is 279 Å². The largest absolute Gasteiger partial charge is 0.309 e. The number of rotatable bonds is 9. The van der Waals surface area contributed by atoms with Gasteiger partial charge in [0, 0.05) is 82.3 Å². The molecule has 0 saturated carbocycles. The summed E-state index contributed by atoms with van der Waals surface area (Å²) in [5.74, 6) is 1.77. The fourth-order valence-corrected chi connectivity index (χ4v) is 16.1. The summed E-state index contributed by atoms with van der Waals surface area (Å²) in [5.41, 5.74) is 24.4. The minimum atomic E-state index is -0.170. The Bertz CT molecular complexity index is 6420. The number of aromatic nitrogens is 7. The van der Waals surface area contributed by atoms with Gasteiger partial charge in [-0.05, 0) is 195 Å². The standard InChI is InChI=1S/C98H82N8/c1-95(2,3)66-49-64(50-67(55-66)96(4,5)6)93-100-92(101-94(102-93)65-51-68(97(7,8)9)56-69(52-65)98(10,11)12)63-42-46-89(106-87-36-24-18-30-77(87)81-58-71(44-48-91(81)106)104-84-33-21-15-27-74(84)75-28-16-22-34-85(75)104)79(54-63)78-53-62(61-39-37-60(59-99)38-40-61)41-45-88(78)105-86-35-23-17-29-76(86)80-57-70(43-47-90(80)105)103-82-31-19-13-25-72(82)73-26-14-20-32-83(73)103/h13-58H,1-12H3. The van der Waals surface area contributed by atoms with E-state index in [1.54, 1.807) is 0 Å². The summed E-state index contributed by atoms with van der Waals surface area (Å²) < 4.78 is 9.78. The van der Waals surface area contributed by atoms with Crippen molar-refractivity contribution in [3.63, 3.8) is 0 Å². The van der Waals surface area contributed by atoms with Gasteiger partial charge >= 0.3 is 0 Å². The number of para-hydroxylation sites is 6. The van der Waals surface area contributed by atoms with E-state index in [4.69, 9.17) is 15.0 Å². The van der Waals surface area contributed by atoms with Crippen molar-refractivity contribution in [1.29, 1.82) is 5.26 Å². The van der Waals surface area contributed by atoms with E-state index in [1.807, 2.05) is 12.1 Å². The molecule has 0 aliphatic carbocycles. The molecule has 18 aromatic rings. The molecule has 0 N–H and O–H groups in total. The summed E-state index contributed by atoms with van der Waals surface area (Å²) >= 11 is 0. The molecule has 13 aromatic carbocycles. The number of nitriles is 1. The van der Waals surface area contributed by atoms with E-state index in [9.17, 15) is 5.26 Å². The molecular formula is C98H82N8. The van der Waals surface area contributed by atoms with E-state index in [0.29, 0.717) is 23.0 Å². The van der Waals surface area contributed by atoms with Crippen molar-refractivity contribution >= 4 is 87.2 Å². The molecule has 0 fully saturated rings. The molecule has 0 spiro atoms. The molecule has 8 heteroatoms. The van der Waals surface area contributed by atoms with Crippen LogP contribution in [0, 0.1) is 11.3 Å². The first-order chi connectivity index (χ1) is 51.0. The smallest absolute Gasteiger partial charge is 0.164 e. The van der Waals surface area contributed by atoms with Gasteiger partial charge in [0.15, 0.2) is 17.5 Å².